The van der Waals surface area contributed by atoms with Gasteiger partial charge in [-0.1, -0.05) is 30.3 Å². The number of nitrogens with one attached hydrogen (secondary N) is 1. The van der Waals surface area contributed by atoms with Crippen molar-refractivity contribution in [3.8, 4) is 0 Å². The molecular weight excluding hydrogens is 740 g/mol. The van der Waals surface area contributed by atoms with Gasteiger partial charge in [0.25, 0.3) is 0 Å². The van der Waals surface area contributed by atoms with Crippen LogP contribution in [0, 0.1) is 5.92 Å². The number of hydrogen-bond donors (Lipinski definition) is 2. The van der Waals surface area contributed by atoms with Crippen LogP contribution in [0.2, 0.25) is 0 Å². The van der Waals surface area contributed by atoms with Gasteiger partial charge in [0.15, 0.2) is 0 Å². The SMILES string of the molecule is CC(=O)OCC(C)(C)OC(=O)N=C(NC(=O)OC(C)(C)COC(C)=O)N1CCC(CN([C@H](Cc2ccccc2)C(=O)N2CCC[C@H]2C(N)=O)S(C)(=O)=O)CC1. The Hall–Kier alpha value is -4.78. The number of ether oxygens (including phenoxy) is 4. The molecule has 0 spiro atoms. The van der Waals surface area contributed by atoms with E-state index in [2.05, 4.69) is 10.3 Å². The number of nitrogens with two attached hydrogens (primary N) is 1. The Kier molecular flexibility index (Phi) is 15.6. The molecule has 0 unspecified atom stereocenters. The third-order valence-corrected chi connectivity index (χ3v) is 10.2. The van der Waals surface area contributed by atoms with Crippen LogP contribution in [0.1, 0.15) is 72.8 Å². The van der Waals surface area contributed by atoms with Gasteiger partial charge in [0.1, 0.15) is 36.5 Å². The Morgan fingerprint density at radius 3 is 2.00 bits per heavy atom. The van der Waals surface area contributed by atoms with Crippen LogP contribution < -0.4 is 11.1 Å². The largest absolute Gasteiger partial charge is 0.462 e. The van der Waals surface area contributed by atoms with E-state index in [1.807, 2.05) is 6.07 Å². The van der Waals surface area contributed by atoms with E-state index >= 15 is 0 Å². The number of piperidine rings is 1. The van der Waals surface area contributed by atoms with Gasteiger partial charge < -0.3 is 34.5 Å². The monoisotopic (exact) mass is 794 g/mol. The number of carbonyl (C=O) groups excluding carboxylic acids is 6. The number of hydrogen-bond acceptors (Lipinski definition) is 12. The summed E-state index contributed by atoms with van der Waals surface area (Å²) >= 11 is 0. The van der Waals surface area contributed by atoms with Gasteiger partial charge in [0, 0.05) is 40.0 Å². The number of guanidine groups is 1. The zero-order valence-electron chi connectivity index (χ0n) is 32.6. The number of esters is 2. The van der Waals surface area contributed by atoms with E-state index in [0.717, 1.165) is 11.8 Å². The minimum atomic E-state index is -3.98. The molecule has 2 heterocycles. The lowest BCUT2D eigenvalue weighted by molar-refractivity contribution is -0.147. The van der Waals surface area contributed by atoms with E-state index < -0.39 is 69.2 Å². The number of alkyl carbamates (subject to hydrolysis) is 1. The number of primary amides is 1. The van der Waals surface area contributed by atoms with Crippen molar-refractivity contribution in [1.29, 1.82) is 0 Å². The van der Waals surface area contributed by atoms with Crippen LogP contribution in [0.25, 0.3) is 0 Å². The van der Waals surface area contributed by atoms with Gasteiger partial charge in [-0.3, -0.25) is 24.5 Å². The van der Waals surface area contributed by atoms with Crippen molar-refractivity contribution >= 4 is 51.9 Å². The van der Waals surface area contributed by atoms with Crippen molar-refractivity contribution in [2.24, 2.45) is 16.6 Å². The Morgan fingerprint density at radius 2 is 1.47 bits per heavy atom. The number of aliphatic imine (C=N–C) groups is 1. The van der Waals surface area contributed by atoms with Gasteiger partial charge in [-0.05, 0) is 71.3 Å². The third-order valence-electron chi connectivity index (χ3n) is 8.94. The molecule has 0 aliphatic carbocycles. The van der Waals surface area contributed by atoms with E-state index in [1.54, 1.807) is 29.2 Å². The molecule has 3 rings (SSSR count). The molecule has 2 aliphatic heterocycles. The zero-order valence-corrected chi connectivity index (χ0v) is 33.4. The highest BCUT2D eigenvalue weighted by Crippen LogP contribution is 2.26. The number of likely N-dealkylation sites (tertiary alicyclic amines) is 2. The van der Waals surface area contributed by atoms with Gasteiger partial charge in [-0.2, -0.15) is 4.31 Å². The molecule has 306 valence electrons. The molecule has 1 aromatic carbocycles. The summed E-state index contributed by atoms with van der Waals surface area (Å²) in [5.41, 5.74) is 3.83. The Bertz CT molecular complexity index is 1690. The van der Waals surface area contributed by atoms with Crippen LogP contribution in [0.3, 0.4) is 0 Å². The average molecular weight is 795 g/mol. The van der Waals surface area contributed by atoms with Crippen LogP contribution >= 0.6 is 0 Å². The first-order valence-corrected chi connectivity index (χ1v) is 19.9. The summed E-state index contributed by atoms with van der Waals surface area (Å²) in [6.07, 6.45) is 0.659. The van der Waals surface area contributed by atoms with Crippen LogP contribution in [0.4, 0.5) is 9.59 Å². The quantitative estimate of drug-likeness (QED) is 0.119. The fourth-order valence-electron chi connectivity index (χ4n) is 6.24. The van der Waals surface area contributed by atoms with Crippen molar-refractivity contribution < 1.29 is 56.1 Å². The second-order valence-electron chi connectivity index (χ2n) is 15.0. The molecule has 0 radical (unpaired) electrons. The average Bonchev–Trinajstić information content (AvgIpc) is 3.58. The zero-order chi connectivity index (χ0) is 41.1. The number of sulfonamides is 1. The molecule has 0 aromatic heterocycles. The fourth-order valence-corrected chi connectivity index (χ4v) is 7.35. The summed E-state index contributed by atoms with van der Waals surface area (Å²) in [7, 11) is -3.98. The van der Waals surface area contributed by atoms with Crippen molar-refractivity contribution in [1.82, 2.24) is 19.4 Å². The summed E-state index contributed by atoms with van der Waals surface area (Å²) in [4.78, 5) is 82.0. The van der Waals surface area contributed by atoms with Crippen LogP contribution in [-0.4, -0.2) is 133 Å². The van der Waals surface area contributed by atoms with Gasteiger partial charge in [0.2, 0.25) is 27.8 Å². The smallest absolute Gasteiger partial charge is 0.437 e. The standard InChI is InChI=1S/C36H54N6O12S/c1-24(43)51-22-35(3,4)53-33(47)38-32(39-34(48)54-36(5,6)23-52-25(2)44)40-18-15-27(16-19-40)21-42(55(7,49)50)29(20-26-12-9-8-10-13-26)31(46)41-17-11-14-28(41)30(37)45/h8-10,12-13,27-29H,11,14-23H2,1-7H3,(H2,37,45)(H,38,39,47,48)/t28-,29+/m0/s1. The molecule has 2 aliphatic rings. The van der Waals surface area contributed by atoms with Crippen molar-refractivity contribution in [3.05, 3.63) is 35.9 Å². The highest BCUT2D eigenvalue weighted by molar-refractivity contribution is 7.88. The summed E-state index contributed by atoms with van der Waals surface area (Å²) in [6.45, 7) is 8.60. The minimum Gasteiger partial charge on any atom is -0.462 e. The van der Waals surface area contributed by atoms with Crippen LogP contribution in [0.5, 0.6) is 0 Å². The van der Waals surface area contributed by atoms with Gasteiger partial charge >= 0.3 is 24.1 Å². The predicted molar refractivity (Wildman–Crippen MR) is 199 cm³/mol. The van der Waals surface area contributed by atoms with E-state index in [9.17, 15) is 37.2 Å². The molecule has 0 saturated carbocycles. The molecule has 4 amide bonds. The maximum absolute atomic E-state index is 14.1. The predicted octanol–water partition coefficient (Wildman–Crippen LogP) is 1.95. The fraction of sp³-hybridized carbons (Fsp3) is 0.639. The summed E-state index contributed by atoms with van der Waals surface area (Å²) in [5.74, 6) is -2.79. The molecule has 2 fully saturated rings. The van der Waals surface area contributed by atoms with Gasteiger partial charge in [0.05, 0.1) is 6.26 Å². The maximum Gasteiger partial charge on any atom is 0.437 e. The topological polar surface area (TPSA) is 234 Å². The lowest BCUT2D eigenvalue weighted by Crippen LogP contribution is -2.56. The molecule has 2 saturated heterocycles. The van der Waals surface area contributed by atoms with E-state index in [1.165, 1.54) is 50.7 Å². The molecule has 0 bridgehead atoms. The second kappa shape index (κ2) is 19.2. The Labute approximate surface area is 322 Å². The highest BCUT2D eigenvalue weighted by Gasteiger charge is 2.42. The highest BCUT2D eigenvalue weighted by atomic mass is 32.2. The lowest BCUT2D eigenvalue weighted by Gasteiger charge is -2.38. The van der Waals surface area contributed by atoms with Crippen molar-refractivity contribution in [2.75, 3.05) is 45.6 Å². The molecule has 1 aromatic rings. The van der Waals surface area contributed by atoms with E-state index in [-0.39, 0.29) is 57.7 Å². The first-order chi connectivity index (χ1) is 25.6. The molecule has 55 heavy (non-hydrogen) atoms. The van der Waals surface area contributed by atoms with E-state index in [4.69, 9.17) is 24.7 Å². The van der Waals surface area contributed by atoms with Crippen LogP contribution in [-0.2, 0) is 54.6 Å². The molecule has 18 nitrogen and oxygen atoms in total. The first kappa shape index (κ1) is 44.6. The van der Waals surface area contributed by atoms with Crippen molar-refractivity contribution in [3.63, 3.8) is 0 Å². The first-order valence-electron chi connectivity index (χ1n) is 18.0. The normalized spacial score (nSPS) is 17.7. The summed E-state index contributed by atoms with van der Waals surface area (Å²) in [6, 6.07) is 7.01. The Balaban J connectivity index is 1.85. The molecule has 19 heteroatoms. The molecule has 3 N–H and O–H groups in total. The molecular formula is C36H54N6O12S. The van der Waals surface area contributed by atoms with Crippen LogP contribution in [0.15, 0.2) is 35.3 Å². The maximum atomic E-state index is 14.1. The second-order valence-corrected chi connectivity index (χ2v) is 16.9. The number of carbonyl (C=O) groups is 6. The number of nitrogens with zero attached hydrogens (tertiary/aromatic N) is 4. The number of amides is 4. The summed E-state index contributed by atoms with van der Waals surface area (Å²) in [5, 5.41) is 2.48. The third kappa shape index (κ3) is 14.4. The van der Waals surface area contributed by atoms with Gasteiger partial charge in [-0.15, -0.1) is 4.99 Å². The van der Waals surface area contributed by atoms with Gasteiger partial charge in [-0.25, -0.2) is 18.0 Å². The summed E-state index contributed by atoms with van der Waals surface area (Å²) < 4.78 is 48.9. The minimum absolute atomic E-state index is 0.0242. The van der Waals surface area contributed by atoms with Crippen molar-refractivity contribution in [2.45, 2.75) is 96.9 Å². The molecule has 2 atom stereocenters. The Morgan fingerprint density at radius 1 is 0.909 bits per heavy atom. The van der Waals surface area contributed by atoms with E-state index in [0.29, 0.717) is 25.7 Å². The number of rotatable bonds is 14. The lowest BCUT2D eigenvalue weighted by atomic mass is 9.95. The number of benzene rings is 1.